The molecular weight excluding hydrogens is 398 g/mol. The molecule has 1 heterocycles. The van der Waals surface area contributed by atoms with Crippen LogP contribution >= 0.6 is 11.3 Å². The van der Waals surface area contributed by atoms with Crippen molar-refractivity contribution in [1.82, 2.24) is 9.88 Å². The maximum absolute atomic E-state index is 13.4. The molecule has 2 amide bonds. The van der Waals surface area contributed by atoms with Crippen molar-refractivity contribution >= 4 is 28.5 Å². The molecule has 2 atom stereocenters. The Hall–Kier alpha value is -3.19. The Bertz CT molecular complexity index is 1070. The quantitative estimate of drug-likeness (QED) is 0.672. The molecule has 0 saturated heterocycles. The molecule has 2 aromatic carbocycles. The number of hydrogen-bond donors (Lipinski definition) is 1. The molecular formula is C23H23N3O3S. The first-order chi connectivity index (χ1) is 14.4. The van der Waals surface area contributed by atoms with Crippen LogP contribution in [0.15, 0.2) is 60.1 Å². The van der Waals surface area contributed by atoms with E-state index in [4.69, 9.17) is 4.74 Å². The van der Waals surface area contributed by atoms with Crippen LogP contribution in [0, 0.1) is 5.41 Å². The number of carbonyl (C=O) groups excluding carboxylic acids is 2. The fourth-order valence-electron chi connectivity index (χ4n) is 4.04. The summed E-state index contributed by atoms with van der Waals surface area (Å²) in [7, 11) is 3.28. The molecule has 1 aliphatic carbocycles. The van der Waals surface area contributed by atoms with Crippen LogP contribution in [0.25, 0.3) is 0 Å². The SMILES string of the molecule is CN(C)C(=O)Oc1ccc2c(c1)C[C@@](C)(C(=O)Nc1nccs1)[C@H]2c1ccccc1. The third-order valence-corrected chi connectivity index (χ3v) is 6.18. The molecule has 30 heavy (non-hydrogen) atoms. The molecule has 1 aliphatic rings. The lowest BCUT2D eigenvalue weighted by Gasteiger charge is -2.30. The van der Waals surface area contributed by atoms with Crippen molar-refractivity contribution in [2.45, 2.75) is 19.3 Å². The van der Waals surface area contributed by atoms with Crippen LogP contribution in [-0.2, 0) is 11.2 Å². The maximum Gasteiger partial charge on any atom is 0.414 e. The smallest absolute Gasteiger partial charge is 0.410 e. The van der Waals surface area contributed by atoms with Gasteiger partial charge in [0.15, 0.2) is 5.13 Å². The third kappa shape index (κ3) is 3.68. The van der Waals surface area contributed by atoms with Crippen molar-refractivity contribution in [3.05, 3.63) is 76.8 Å². The number of aromatic nitrogens is 1. The van der Waals surface area contributed by atoms with Gasteiger partial charge in [0.25, 0.3) is 0 Å². The van der Waals surface area contributed by atoms with E-state index in [0.717, 1.165) is 16.7 Å². The van der Waals surface area contributed by atoms with Gasteiger partial charge in [0.05, 0.1) is 5.41 Å². The Morgan fingerprint density at radius 1 is 1.20 bits per heavy atom. The number of rotatable bonds is 4. The molecule has 0 spiro atoms. The van der Waals surface area contributed by atoms with Gasteiger partial charge < -0.3 is 15.0 Å². The highest BCUT2D eigenvalue weighted by Gasteiger charge is 2.49. The van der Waals surface area contributed by atoms with Gasteiger partial charge in [-0.1, -0.05) is 36.4 Å². The number of hydrogen-bond acceptors (Lipinski definition) is 5. The van der Waals surface area contributed by atoms with Crippen molar-refractivity contribution in [2.24, 2.45) is 5.41 Å². The molecule has 4 rings (SSSR count). The number of carbonyl (C=O) groups is 2. The molecule has 0 radical (unpaired) electrons. The van der Waals surface area contributed by atoms with Crippen molar-refractivity contribution in [1.29, 1.82) is 0 Å². The summed E-state index contributed by atoms with van der Waals surface area (Å²) in [4.78, 5) is 30.9. The van der Waals surface area contributed by atoms with E-state index in [1.807, 2.05) is 42.6 Å². The second kappa shape index (κ2) is 7.91. The second-order valence-corrected chi connectivity index (χ2v) is 8.75. The molecule has 0 fully saturated rings. The van der Waals surface area contributed by atoms with Gasteiger partial charge in [0.1, 0.15) is 5.75 Å². The van der Waals surface area contributed by atoms with Crippen molar-refractivity contribution < 1.29 is 14.3 Å². The number of nitrogens with zero attached hydrogens (tertiary/aromatic N) is 2. The predicted octanol–water partition coefficient (Wildman–Crippen LogP) is 4.54. The van der Waals surface area contributed by atoms with E-state index in [1.165, 1.54) is 16.2 Å². The summed E-state index contributed by atoms with van der Waals surface area (Å²) in [6.07, 6.45) is 1.77. The molecule has 6 nitrogen and oxygen atoms in total. The predicted molar refractivity (Wildman–Crippen MR) is 117 cm³/mol. The largest absolute Gasteiger partial charge is 0.414 e. The monoisotopic (exact) mass is 421 g/mol. The standard InChI is InChI=1S/C23H23N3O3S/c1-23(20(27)25-21-24-11-12-30-21)14-16-13-17(29-22(28)26(2)3)9-10-18(16)19(23)15-7-5-4-6-8-15/h4-13,19H,14H2,1-3H3,(H,24,25,27)/t19-,23+/m0/s1. The minimum absolute atomic E-state index is 0.0747. The third-order valence-electron chi connectivity index (χ3n) is 5.49. The van der Waals surface area contributed by atoms with Gasteiger partial charge in [-0.2, -0.15) is 0 Å². The maximum atomic E-state index is 13.4. The number of fused-ring (bicyclic) bond motifs is 1. The van der Waals surface area contributed by atoms with E-state index in [2.05, 4.69) is 22.4 Å². The summed E-state index contributed by atoms with van der Waals surface area (Å²) in [6, 6.07) is 15.7. The van der Waals surface area contributed by atoms with Crippen LogP contribution in [0.4, 0.5) is 9.93 Å². The lowest BCUT2D eigenvalue weighted by atomic mass is 9.73. The molecule has 0 aliphatic heterocycles. The summed E-state index contributed by atoms with van der Waals surface area (Å²) in [5.41, 5.74) is 2.44. The highest BCUT2D eigenvalue weighted by molar-refractivity contribution is 7.13. The highest BCUT2D eigenvalue weighted by atomic mass is 32.1. The summed E-state index contributed by atoms with van der Waals surface area (Å²) in [6.45, 7) is 1.99. The van der Waals surface area contributed by atoms with Crippen LogP contribution in [0.1, 0.15) is 29.5 Å². The van der Waals surface area contributed by atoms with E-state index in [0.29, 0.717) is 17.3 Å². The molecule has 7 heteroatoms. The van der Waals surface area contributed by atoms with E-state index >= 15 is 0 Å². The lowest BCUT2D eigenvalue weighted by Crippen LogP contribution is -2.37. The molecule has 1 N–H and O–H groups in total. The minimum atomic E-state index is -0.709. The molecule has 0 unspecified atom stereocenters. The van der Waals surface area contributed by atoms with Crippen LogP contribution in [0.3, 0.4) is 0 Å². The zero-order valence-electron chi connectivity index (χ0n) is 17.1. The fraction of sp³-hybridized carbons (Fsp3) is 0.261. The van der Waals surface area contributed by atoms with Gasteiger partial charge in [-0.25, -0.2) is 9.78 Å². The Balaban J connectivity index is 1.72. The number of anilines is 1. The zero-order chi connectivity index (χ0) is 21.3. The zero-order valence-corrected chi connectivity index (χ0v) is 17.9. The minimum Gasteiger partial charge on any atom is -0.410 e. The van der Waals surface area contributed by atoms with Gasteiger partial charge in [-0.3, -0.25) is 4.79 Å². The highest BCUT2D eigenvalue weighted by Crippen LogP contribution is 2.52. The normalized spacial score (nSPS) is 19.8. The number of nitrogens with one attached hydrogen (secondary N) is 1. The van der Waals surface area contributed by atoms with Crippen molar-refractivity contribution in [3.8, 4) is 5.75 Å². The van der Waals surface area contributed by atoms with Gasteiger partial charge in [0, 0.05) is 31.6 Å². The second-order valence-electron chi connectivity index (χ2n) is 7.85. The first-order valence-corrected chi connectivity index (χ1v) is 10.5. The summed E-state index contributed by atoms with van der Waals surface area (Å²) < 4.78 is 5.43. The van der Waals surface area contributed by atoms with Gasteiger partial charge in [-0.15, -0.1) is 11.3 Å². The average molecular weight is 422 g/mol. The van der Waals surface area contributed by atoms with Gasteiger partial charge in [0.2, 0.25) is 5.91 Å². The summed E-state index contributed by atoms with van der Waals surface area (Å²) in [5.74, 6) is 0.283. The first kappa shape index (κ1) is 20.1. The number of benzene rings is 2. The van der Waals surface area contributed by atoms with Crippen molar-refractivity contribution in [3.63, 3.8) is 0 Å². The van der Waals surface area contributed by atoms with E-state index < -0.39 is 11.5 Å². The lowest BCUT2D eigenvalue weighted by molar-refractivity contribution is -0.125. The number of thiazole rings is 1. The molecule has 3 aromatic rings. The van der Waals surface area contributed by atoms with Crippen molar-refractivity contribution in [2.75, 3.05) is 19.4 Å². The Morgan fingerprint density at radius 3 is 2.63 bits per heavy atom. The number of ether oxygens (including phenoxy) is 1. The van der Waals surface area contributed by atoms with Crippen LogP contribution < -0.4 is 10.1 Å². The summed E-state index contributed by atoms with van der Waals surface area (Å²) >= 11 is 1.40. The Labute approximate surface area is 179 Å². The molecule has 1 aromatic heterocycles. The molecule has 0 saturated carbocycles. The van der Waals surface area contributed by atoms with E-state index in [1.54, 1.807) is 26.4 Å². The van der Waals surface area contributed by atoms with Crippen LogP contribution in [0.2, 0.25) is 0 Å². The average Bonchev–Trinajstić information content (AvgIpc) is 3.33. The topological polar surface area (TPSA) is 71.5 Å². The van der Waals surface area contributed by atoms with E-state index in [-0.39, 0.29) is 11.8 Å². The fourth-order valence-corrected chi connectivity index (χ4v) is 4.57. The molecule has 154 valence electrons. The summed E-state index contributed by atoms with van der Waals surface area (Å²) in [5, 5.41) is 5.40. The Morgan fingerprint density at radius 2 is 1.97 bits per heavy atom. The van der Waals surface area contributed by atoms with Crippen LogP contribution in [-0.4, -0.2) is 36.0 Å². The Kier molecular flexibility index (Phi) is 5.30. The van der Waals surface area contributed by atoms with Crippen LogP contribution in [0.5, 0.6) is 5.75 Å². The first-order valence-electron chi connectivity index (χ1n) is 9.66. The van der Waals surface area contributed by atoms with E-state index in [9.17, 15) is 9.59 Å². The van der Waals surface area contributed by atoms with Gasteiger partial charge in [-0.05, 0) is 42.2 Å². The molecule has 0 bridgehead atoms. The van der Waals surface area contributed by atoms with Gasteiger partial charge >= 0.3 is 6.09 Å². The number of amides is 2.